The molecule has 0 aliphatic carbocycles. The maximum atomic E-state index is 12.4. The molecule has 8 heteroatoms. The van der Waals surface area contributed by atoms with Gasteiger partial charge in [-0.3, -0.25) is 14.2 Å². The lowest BCUT2D eigenvalue weighted by atomic mass is 10.1. The number of amides is 2. The third kappa shape index (κ3) is 3.33. The van der Waals surface area contributed by atoms with E-state index in [2.05, 4.69) is 5.32 Å². The van der Waals surface area contributed by atoms with Crippen LogP contribution in [0, 0.1) is 0 Å². The Labute approximate surface area is 137 Å². The summed E-state index contributed by atoms with van der Waals surface area (Å²) in [5.41, 5.74) is 1.19. The summed E-state index contributed by atoms with van der Waals surface area (Å²) in [5.74, 6) is -1.29. The number of aromatic nitrogens is 1. The van der Waals surface area contributed by atoms with Crippen LogP contribution in [0.25, 0.3) is 11.1 Å². The molecule has 0 saturated carbocycles. The largest absolute Gasteiger partial charge is 0.420 e. The number of oxazole rings is 1. The number of hydrogen-bond acceptors (Lipinski definition) is 5. The van der Waals surface area contributed by atoms with E-state index in [9.17, 15) is 14.4 Å². The van der Waals surface area contributed by atoms with E-state index in [0.29, 0.717) is 29.9 Å². The lowest BCUT2D eigenvalue weighted by Crippen LogP contribution is -2.39. The van der Waals surface area contributed by atoms with Gasteiger partial charge in [-0.1, -0.05) is 0 Å². The molecular weight excluding hydrogens is 314 g/mol. The molecule has 3 rings (SSSR count). The summed E-state index contributed by atoms with van der Waals surface area (Å²) in [6, 6.07) is 4.67. The standard InChI is InChI=1S/C16H19N3O5/c20-10-14(21)17-11-4-5-13-12(8-11)19(16(23)24-13)9-15(22)18-6-2-1-3-7-18/h4-5,8,20H,1-3,6-7,9-10H2,(H,17,21). The molecule has 1 fully saturated rings. The number of carbonyl (C=O) groups excluding carboxylic acids is 2. The van der Waals surface area contributed by atoms with Crippen LogP contribution < -0.4 is 11.1 Å². The fourth-order valence-corrected chi connectivity index (χ4v) is 2.87. The number of benzene rings is 1. The van der Waals surface area contributed by atoms with Crippen LogP contribution in [0.2, 0.25) is 0 Å². The van der Waals surface area contributed by atoms with Crippen LogP contribution in [-0.2, 0) is 16.1 Å². The molecule has 0 atom stereocenters. The lowest BCUT2D eigenvalue weighted by Gasteiger charge is -2.26. The third-order valence-electron chi connectivity index (χ3n) is 4.10. The van der Waals surface area contributed by atoms with Crippen LogP contribution in [0.15, 0.2) is 27.4 Å². The number of fused-ring (bicyclic) bond motifs is 1. The molecule has 1 aromatic carbocycles. The van der Waals surface area contributed by atoms with Crippen LogP contribution in [0.5, 0.6) is 0 Å². The van der Waals surface area contributed by atoms with Gasteiger partial charge in [-0.05, 0) is 37.5 Å². The molecule has 1 aliphatic rings. The number of aliphatic hydroxyl groups is 1. The molecule has 1 saturated heterocycles. The molecule has 2 heterocycles. The average molecular weight is 333 g/mol. The summed E-state index contributed by atoms with van der Waals surface area (Å²) < 4.78 is 6.41. The Morgan fingerprint density at radius 3 is 2.67 bits per heavy atom. The van der Waals surface area contributed by atoms with Crippen LogP contribution in [-0.4, -0.2) is 46.1 Å². The van der Waals surface area contributed by atoms with Gasteiger partial charge in [-0.25, -0.2) is 4.79 Å². The normalized spacial score (nSPS) is 14.8. The molecular formula is C16H19N3O5. The minimum Gasteiger partial charge on any atom is -0.408 e. The van der Waals surface area contributed by atoms with Gasteiger partial charge in [0.2, 0.25) is 11.8 Å². The van der Waals surface area contributed by atoms with E-state index in [1.807, 2.05) is 0 Å². The zero-order valence-electron chi connectivity index (χ0n) is 13.2. The first kappa shape index (κ1) is 16.3. The average Bonchev–Trinajstić information content (AvgIpc) is 2.91. The summed E-state index contributed by atoms with van der Waals surface area (Å²) in [5, 5.41) is 11.3. The molecule has 128 valence electrons. The predicted molar refractivity (Wildman–Crippen MR) is 86.6 cm³/mol. The molecule has 1 aromatic heterocycles. The predicted octanol–water partition coefficient (Wildman–Crippen LogP) is 0.538. The number of rotatable bonds is 4. The number of aliphatic hydroxyl groups excluding tert-OH is 1. The highest BCUT2D eigenvalue weighted by Crippen LogP contribution is 2.19. The van der Waals surface area contributed by atoms with Crippen molar-refractivity contribution in [3.05, 3.63) is 28.7 Å². The first-order chi connectivity index (χ1) is 11.6. The molecule has 2 amide bonds. The summed E-state index contributed by atoms with van der Waals surface area (Å²) in [6.07, 6.45) is 3.07. The molecule has 2 aromatic rings. The van der Waals surface area contributed by atoms with Gasteiger partial charge in [-0.2, -0.15) is 0 Å². The Morgan fingerprint density at radius 2 is 1.96 bits per heavy atom. The zero-order valence-corrected chi connectivity index (χ0v) is 13.2. The van der Waals surface area contributed by atoms with Gasteiger partial charge < -0.3 is 19.7 Å². The third-order valence-corrected chi connectivity index (χ3v) is 4.10. The van der Waals surface area contributed by atoms with Crippen molar-refractivity contribution in [3.63, 3.8) is 0 Å². The van der Waals surface area contributed by atoms with Crippen molar-refractivity contribution in [1.29, 1.82) is 0 Å². The lowest BCUT2D eigenvalue weighted by molar-refractivity contribution is -0.132. The quantitative estimate of drug-likeness (QED) is 0.849. The Balaban J connectivity index is 1.87. The van der Waals surface area contributed by atoms with Crippen molar-refractivity contribution in [2.75, 3.05) is 25.0 Å². The van der Waals surface area contributed by atoms with Crippen LogP contribution in [0.3, 0.4) is 0 Å². The summed E-state index contributed by atoms with van der Waals surface area (Å²) >= 11 is 0. The number of nitrogens with zero attached hydrogens (tertiary/aromatic N) is 2. The van der Waals surface area contributed by atoms with Crippen molar-refractivity contribution in [2.45, 2.75) is 25.8 Å². The summed E-state index contributed by atoms with van der Waals surface area (Å²) in [4.78, 5) is 37.5. The van der Waals surface area contributed by atoms with E-state index in [1.54, 1.807) is 23.1 Å². The summed E-state index contributed by atoms with van der Waals surface area (Å²) in [7, 11) is 0. The number of anilines is 1. The number of piperidine rings is 1. The number of carbonyl (C=O) groups is 2. The molecule has 0 spiro atoms. The van der Waals surface area contributed by atoms with Gasteiger partial charge in [0, 0.05) is 18.8 Å². The van der Waals surface area contributed by atoms with Crippen molar-refractivity contribution in [2.24, 2.45) is 0 Å². The fraction of sp³-hybridized carbons (Fsp3) is 0.438. The molecule has 1 aliphatic heterocycles. The van der Waals surface area contributed by atoms with Crippen molar-refractivity contribution in [3.8, 4) is 0 Å². The van der Waals surface area contributed by atoms with Crippen molar-refractivity contribution < 1.29 is 19.1 Å². The maximum absolute atomic E-state index is 12.4. The Kier molecular flexibility index (Phi) is 4.66. The highest BCUT2D eigenvalue weighted by atomic mass is 16.4. The number of hydrogen-bond donors (Lipinski definition) is 2. The monoisotopic (exact) mass is 333 g/mol. The Bertz CT molecular complexity index is 817. The number of nitrogens with one attached hydrogen (secondary N) is 1. The maximum Gasteiger partial charge on any atom is 0.420 e. The highest BCUT2D eigenvalue weighted by molar-refractivity contribution is 5.93. The summed E-state index contributed by atoms with van der Waals surface area (Å²) in [6.45, 7) is 0.690. The van der Waals surface area contributed by atoms with Crippen molar-refractivity contribution in [1.82, 2.24) is 9.47 Å². The van der Waals surface area contributed by atoms with Gasteiger partial charge in [0.25, 0.3) is 0 Å². The molecule has 0 radical (unpaired) electrons. The second kappa shape index (κ2) is 6.88. The van der Waals surface area contributed by atoms with E-state index in [1.165, 1.54) is 4.57 Å². The Morgan fingerprint density at radius 1 is 1.21 bits per heavy atom. The molecule has 8 nitrogen and oxygen atoms in total. The minimum absolute atomic E-state index is 0.0940. The van der Waals surface area contributed by atoms with Gasteiger partial charge in [-0.15, -0.1) is 0 Å². The number of likely N-dealkylation sites (tertiary alicyclic amines) is 1. The van der Waals surface area contributed by atoms with Crippen LogP contribution >= 0.6 is 0 Å². The second-order valence-electron chi connectivity index (χ2n) is 5.78. The van der Waals surface area contributed by atoms with Crippen molar-refractivity contribution >= 4 is 28.6 Å². The minimum atomic E-state index is -0.635. The highest BCUT2D eigenvalue weighted by Gasteiger charge is 2.20. The zero-order chi connectivity index (χ0) is 17.1. The second-order valence-corrected chi connectivity index (χ2v) is 5.78. The van der Waals surface area contributed by atoms with E-state index in [4.69, 9.17) is 9.52 Å². The van der Waals surface area contributed by atoms with E-state index < -0.39 is 18.3 Å². The molecule has 24 heavy (non-hydrogen) atoms. The fourth-order valence-electron chi connectivity index (χ4n) is 2.87. The molecule has 0 unspecified atom stereocenters. The van der Waals surface area contributed by atoms with Crippen LogP contribution in [0.4, 0.5) is 5.69 Å². The van der Waals surface area contributed by atoms with Gasteiger partial charge in [0.05, 0.1) is 5.52 Å². The van der Waals surface area contributed by atoms with E-state index >= 15 is 0 Å². The van der Waals surface area contributed by atoms with E-state index in [-0.39, 0.29) is 12.5 Å². The van der Waals surface area contributed by atoms with E-state index in [0.717, 1.165) is 19.3 Å². The SMILES string of the molecule is O=C(CO)Nc1ccc2oc(=O)n(CC(=O)N3CCCCC3)c2c1. The smallest absolute Gasteiger partial charge is 0.408 e. The van der Waals surface area contributed by atoms with Gasteiger partial charge in [0.1, 0.15) is 13.2 Å². The topological polar surface area (TPSA) is 105 Å². The van der Waals surface area contributed by atoms with Gasteiger partial charge >= 0.3 is 5.76 Å². The first-order valence-corrected chi connectivity index (χ1v) is 7.90. The Hall–Kier alpha value is -2.61. The first-order valence-electron chi connectivity index (χ1n) is 7.90. The van der Waals surface area contributed by atoms with Gasteiger partial charge in [0.15, 0.2) is 5.58 Å². The molecule has 0 bridgehead atoms. The van der Waals surface area contributed by atoms with Crippen LogP contribution in [0.1, 0.15) is 19.3 Å². The molecule has 2 N–H and O–H groups in total.